The van der Waals surface area contributed by atoms with Gasteiger partial charge in [0.2, 0.25) is 5.89 Å². The van der Waals surface area contributed by atoms with Crippen LogP contribution in [0.5, 0.6) is 0 Å². The quantitative estimate of drug-likeness (QED) is 0.826. The molecule has 4 nitrogen and oxygen atoms in total. The zero-order valence-electron chi connectivity index (χ0n) is 8.39. The molecular formula is C10H10FN3OS. The molecule has 0 fully saturated rings. The van der Waals surface area contributed by atoms with Crippen LogP contribution in [0.15, 0.2) is 33.9 Å². The van der Waals surface area contributed by atoms with Crippen LogP contribution in [0.3, 0.4) is 0 Å². The topological polar surface area (TPSA) is 64.9 Å². The van der Waals surface area contributed by atoms with E-state index in [4.69, 9.17) is 10.2 Å². The van der Waals surface area contributed by atoms with E-state index in [0.29, 0.717) is 16.9 Å². The van der Waals surface area contributed by atoms with Crippen molar-refractivity contribution in [1.29, 1.82) is 0 Å². The first-order chi connectivity index (χ1) is 7.78. The highest BCUT2D eigenvalue weighted by atomic mass is 32.2. The maximum atomic E-state index is 12.6. The Morgan fingerprint density at radius 2 is 2.00 bits per heavy atom. The minimum absolute atomic E-state index is 0.239. The van der Waals surface area contributed by atoms with Crippen molar-refractivity contribution in [3.8, 4) is 0 Å². The molecule has 0 aliphatic carbocycles. The fourth-order valence-corrected chi connectivity index (χ4v) is 1.84. The molecule has 0 aliphatic rings. The molecule has 1 aromatic heterocycles. The maximum absolute atomic E-state index is 12.6. The highest BCUT2D eigenvalue weighted by Gasteiger charge is 2.05. The number of thioether (sulfide) groups is 1. The van der Waals surface area contributed by atoms with Crippen LogP contribution in [-0.4, -0.2) is 10.2 Å². The van der Waals surface area contributed by atoms with Crippen LogP contribution in [-0.2, 0) is 12.3 Å². The molecule has 2 aromatic rings. The summed E-state index contributed by atoms with van der Waals surface area (Å²) in [5.74, 6) is 0.838. The van der Waals surface area contributed by atoms with Crippen LogP contribution < -0.4 is 5.73 Å². The molecule has 0 saturated heterocycles. The van der Waals surface area contributed by atoms with Gasteiger partial charge in [0.25, 0.3) is 5.22 Å². The number of hydrogen-bond acceptors (Lipinski definition) is 5. The molecule has 0 atom stereocenters. The van der Waals surface area contributed by atoms with Gasteiger partial charge in [0.1, 0.15) is 5.82 Å². The highest BCUT2D eigenvalue weighted by Crippen LogP contribution is 2.21. The third kappa shape index (κ3) is 2.80. The summed E-state index contributed by atoms with van der Waals surface area (Å²) in [4.78, 5) is 0. The molecule has 84 valence electrons. The van der Waals surface area contributed by atoms with Gasteiger partial charge in [-0.2, -0.15) is 0 Å². The monoisotopic (exact) mass is 239 g/mol. The molecule has 0 saturated carbocycles. The van der Waals surface area contributed by atoms with Crippen molar-refractivity contribution in [1.82, 2.24) is 10.2 Å². The van der Waals surface area contributed by atoms with Crippen LogP contribution in [0.1, 0.15) is 11.5 Å². The van der Waals surface area contributed by atoms with Gasteiger partial charge in [-0.15, -0.1) is 10.2 Å². The van der Waals surface area contributed by atoms with Crippen LogP contribution in [0, 0.1) is 5.82 Å². The largest absolute Gasteiger partial charge is 0.415 e. The summed E-state index contributed by atoms with van der Waals surface area (Å²) in [5, 5.41) is 8.03. The molecule has 0 unspecified atom stereocenters. The number of benzene rings is 1. The van der Waals surface area contributed by atoms with Gasteiger partial charge < -0.3 is 10.2 Å². The smallest absolute Gasteiger partial charge is 0.276 e. The Balaban J connectivity index is 1.94. The van der Waals surface area contributed by atoms with E-state index in [9.17, 15) is 4.39 Å². The van der Waals surface area contributed by atoms with E-state index in [1.807, 2.05) is 0 Å². The van der Waals surface area contributed by atoms with Crippen molar-refractivity contribution < 1.29 is 8.81 Å². The Labute approximate surface area is 96.0 Å². The summed E-state index contributed by atoms with van der Waals surface area (Å²) in [6.07, 6.45) is 0. The fraction of sp³-hybridized carbons (Fsp3) is 0.200. The number of rotatable bonds is 4. The second-order valence-corrected chi connectivity index (χ2v) is 4.01. The third-order valence-corrected chi connectivity index (χ3v) is 2.79. The Morgan fingerprint density at radius 1 is 1.25 bits per heavy atom. The van der Waals surface area contributed by atoms with Gasteiger partial charge in [-0.1, -0.05) is 23.9 Å². The van der Waals surface area contributed by atoms with E-state index in [-0.39, 0.29) is 12.4 Å². The average Bonchev–Trinajstić information content (AvgIpc) is 2.76. The standard InChI is InChI=1S/C10H10FN3OS/c11-8-3-1-7(2-4-8)6-16-10-14-13-9(5-12)15-10/h1-4H,5-6,12H2. The minimum atomic E-state index is -0.239. The summed E-state index contributed by atoms with van der Waals surface area (Å²) in [6, 6.07) is 6.30. The zero-order chi connectivity index (χ0) is 11.4. The molecule has 0 spiro atoms. The molecule has 0 aliphatic heterocycles. The molecule has 2 N–H and O–H groups in total. The summed E-state index contributed by atoms with van der Waals surface area (Å²) >= 11 is 1.40. The summed E-state index contributed by atoms with van der Waals surface area (Å²) in [7, 11) is 0. The van der Waals surface area contributed by atoms with Crippen molar-refractivity contribution in [3.05, 3.63) is 41.5 Å². The second-order valence-electron chi connectivity index (χ2n) is 3.08. The summed E-state index contributed by atoms with van der Waals surface area (Å²) in [6.45, 7) is 0.240. The molecule has 0 bridgehead atoms. The molecule has 16 heavy (non-hydrogen) atoms. The van der Waals surface area contributed by atoms with Gasteiger partial charge in [-0.25, -0.2) is 4.39 Å². The lowest BCUT2D eigenvalue weighted by Crippen LogP contribution is -1.95. The van der Waals surface area contributed by atoms with E-state index >= 15 is 0 Å². The van der Waals surface area contributed by atoms with Crippen molar-refractivity contribution in [2.24, 2.45) is 5.73 Å². The number of halogens is 1. The summed E-state index contributed by atoms with van der Waals surface area (Å²) < 4.78 is 17.9. The average molecular weight is 239 g/mol. The highest BCUT2D eigenvalue weighted by molar-refractivity contribution is 7.98. The predicted octanol–water partition coefficient (Wildman–Crippen LogP) is 1.96. The Kier molecular flexibility index (Phi) is 3.53. The molecule has 2 rings (SSSR count). The van der Waals surface area contributed by atoms with E-state index in [1.165, 1.54) is 23.9 Å². The SMILES string of the molecule is NCc1nnc(SCc2ccc(F)cc2)o1. The van der Waals surface area contributed by atoms with Gasteiger partial charge in [0.05, 0.1) is 6.54 Å². The van der Waals surface area contributed by atoms with E-state index in [1.54, 1.807) is 12.1 Å². The third-order valence-electron chi connectivity index (χ3n) is 1.90. The van der Waals surface area contributed by atoms with Gasteiger partial charge in [0.15, 0.2) is 0 Å². The normalized spacial score (nSPS) is 10.6. The summed E-state index contributed by atoms with van der Waals surface area (Å²) in [5.41, 5.74) is 6.34. The second kappa shape index (κ2) is 5.09. The first kappa shape index (κ1) is 11.1. The Hall–Kier alpha value is -1.40. The van der Waals surface area contributed by atoms with Crippen molar-refractivity contribution >= 4 is 11.8 Å². The van der Waals surface area contributed by atoms with Crippen LogP contribution in [0.2, 0.25) is 0 Å². The van der Waals surface area contributed by atoms with E-state index in [0.717, 1.165) is 5.56 Å². The molecule has 6 heteroatoms. The minimum Gasteiger partial charge on any atom is -0.415 e. The van der Waals surface area contributed by atoms with Crippen LogP contribution >= 0.6 is 11.8 Å². The molecular weight excluding hydrogens is 229 g/mol. The van der Waals surface area contributed by atoms with Crippen molar-refractivity contribution in [2.75, 3.05) is 0 Å². The van der Waals surface area contributed by atoms with Gasteiger partial charge in [-0.05, 0) is 17.7 Å². The lowest BCUT2D eigenvalue weighted by atomic mass is 10.2. The Bertz CT molecular complexity index is 457. The first-order valence-electron chi connectivity index (χ1n) is 4.67. The lowest BCUT2D eigenvalue weighted by Gasteiger charge is -1.97. The fourth-order valence-electron chi connectivity index (χ4n) is 1.10. The lowest BCUT2D eigenvalue weighted by molar-refractivity contribution is 0.415. The number of nitrogens with two attached hydrogens (primary N) is 1. The zero-order valence-corrected chi connectivity index (χ0v) is 9.21. The van der Waals surface area contributed by atoms with Gasteiger partial charge in [0, 0.05) is 5.75 Å². The number of nitrogens with zero attached hydrogens (tertiary/aromatic N) is 2. The predicted molar refractivity (Wildman–Crippen MR) is 58.2 cm³/mol. The van der Waals surface area contributed by atoms with Crippen molar-refractivity contribution in [2.45, 2.75) is 17.5 Å². The number of hydrogen-bond donors (Lipinski definition) is 1. The molecule has 1 aromatic carbocycles. The van der Waals surface area contributed by atoms with Crippen LogP contribution in [0.25, 0.3) is 0 Å². The Morgan fingerprint density at radius 3 is 2.62 bits per heavy atom. The molecule has 0 amide bonds. The van der Waals surface area contributed by atoms with Gasteiger partial charge in [-0.3, -0.25) is 0 Å². The van der Waals surface area contributed by atoms with E-state index in [2.05, 4.69) is 10.2 Å². The van der Waals surface area contributed by atoms with Gasteiger partial charge >= 0.3 is 0 Å². The molecule has 0 radical (unpaired) electrons. The maximum Gasteiger partial charge on any atom is 0.276 e. The molecule has 1 heterocycles. The van der Waals surface area contributed by atoms with Crippen LogP contribution in [0.4, 0.5) is 4.39 Å². The van der Waals surface area contributed by atoms with Crippen molar-refractivity contribution in [3.63, 3.8) is 0 Å². The van der Waals surface area contributed by atoms with E-state index < -0.39 is 0 Å². The first-order valence-corrected chi connectivity index (χ1v) is 5.66. The number of aromatic nitrogens is 2.